The van der Waals surface area contributed by atoms with E-state index in [0.29, 0.717) is 11.3 Å². The van der Waals surface area contributed by atoms with E-state index in [0.717, 1.165) is 11.1 Å². The van der Waals surface area contributed by atoms with Crippen LogP contribution in [0.3, 0.4) is 0 Å². The number of ether oxygens (including phenoxy) is 1. The predicted molar refractivity (Wildman–Crippen MR) is 57.0 cm³/mol. The fraction of sp³-hybridized carbons (Fsp3) is 0.364. The first-order valence-electron chi connectivity index (χ1n) is 4.71. The van der Waals surface area contributed by atoms with Crippen LogP contribution in [0.2, 0.25) is 0 Å². The highest BCUT2D eigenvalue weighted by Crippen LogP contribution is 2.24. The molecule has 0 aliphatic rings. The van der Waals surface area contributed by atoms with Gasteiger partial charge in [-0.15, -0.1) is 0 Å². The maximum absolute atomic E-state index is 11.0. The van der Waals surface area contributed by atoms with Crippen molar-refractivity contribution in [3.63, 3.8) is 0 Å². The molecule has 0 atom stereocenters. The van der Waals surface area contributed by atoms with Gasteiger partial charge in [0, 0.05) is 5.56 Å². The molecule has 0 aliphatic carbocycles. The van der Waals surface area contributed by atoms with Crippen LogP contribution in [-0.2, 0) is 0 Å². The van der Waals surface area contributed by atoms with Gasteiger partial charge in [0.2, 0.25) is 5.91 Å². The Morgan fingerprint density at radius 3 is 2.33 bits per heavy atom. The van der Waals surface area contributed by atoms with Crippen molar-refractivity contribution < 1.29 is 14.6 Å². The van der Waals surface area contributed by atoms with Crippen molar-refractivity contribution in [1.29, 1.82) is 0 Å². The fourth-order valence-corrected chi connectivity index (χ4v) is 1.47. The Kier molecular flexibility index (Phi) is 3.68. The van der Waals surface area contributed by atoms with Crippen molar-refractivity contribution in [3.8, 4) is 5.75 Å². The van der Waals surface area contributed by atoms with Crippen molar-refractivity contribution in [2.45, 2.75) is 13.8 Å². The van der Waals surface area contributed by atoms with E-state index in [1.807, 2.05) is 13.8 Å². The monoisotopic (exact) mass is 209 g/mol. The number of carbonyl (C=O) groups is 1. The lowest BCUT2D eigenvalue weighted by Crippen LogP contribution is -2.12. The molecule has 0 aliphatic heterocycles. The van der Waals surface area contributed by atoms with E-state index in [4.69, 9.17) is 15.6 Å². The summed E-state index contributed by atoms with van der Waals surface area (Å²) >= 11 is 0. The summed E-state index contributed by atoms with van der Waals surface area (Å²) < 4.78 is 5.35. The SMILES string of the molecule is Cc1cc(C(N)=O)cc(C)c1OCCO. The zero-order valence-corrected chi connectivity index (χ0v) is 8.91. The van der Waals surface area contributed by atoms with Crippen LogP contribution in [0.1, 0.15) is 21.5 Å². The lowest BCUT2D eigenvalue weighted by Gasteiger charge is -2.12. The molecule has 0 heterocycles. The third kappa shape index (κ3) is 2.70. The van der Waals surface area contributed by atoms with Gasteiger partial charge < -0.3 is 15.6 Å². The predicted octanol–water partition coefficient (Wildman–Crippen LogP) is 0.773. The quantitative estimate of drug-likeness (QED) is 0.769. The molecule has 1 rings (SSSR count). The molecule has 1 amide bonds. The zero-order valence-electron chi connectivity index (χ0n) is 8.91. The number of carbonyl (C=O) groups excluding carboxylic acids is 1. The number of benzene rings is 1. The molecular formula is C11H15NO3. The minimum absolute atomic E-state index is 0.0313. The summed E-state index contributed by atoms with van der Waals surface area (Å²) in [5, 5.41) is 8.65. The Bertz CT molecular complexity index is 351. The Labute approximate surface area is 88.7 Å². The summed E-state index contributed by atoms with van der Waals surface area (Å²) in [7, 11) is 0. The number of aryl methyl sites for hydroxylation is 2. The van der Waals surface area contributed by atoms with Crippen LogP contribution < -0.4 is 10.5 Å². The van der Waals surface area contributed by atoms with Gasteiger partial charge in [0.05, 0.1) is 6.61 Å². The molecule has 15 heavy (non-hydrogen) atoms. The number of hydrogen-bond acceptors (Lipinski definition) is 3. The molecule has 0 unspecified atom stereocenters. The first-order valence-corrected chi connectivity index (χ1v) is 4.71. The van der Waals surface area contributed by atoms with E-state index < -0.39 is 5.91 Å². The molecule has 0 aromatic heterocycles. The van der Waals surface area contributed by atoms with Gasteiger partial charge >= 0.3 is 0 Å². The van der Waals surface area contributed by atoms with Crippen LogP contribution >= 0.6 is 0 Å². The Hall–Kier alpha value is -1.55. The van der Waals surface area contributed by atoms with Crippen LogP contribution in [0.4, 0.5) is 0 Å². The number of primary amides is 1. The summed E-state index contributed by atoms with van der Waals surface area (Å²) in [6, 6.07) is 3.37. The highest BCUT2D eigenvalue weighted by atomic mass is 16.5. The molecule has 3 N–H and O–H groups in total. The third-order valence-electron chi connectivity index (χ3n) is 2.08. The van der Waals surface area contributed by atoms with E-state index in [1.54, 1.807) is 12.1 Å². The van der Waals surface area contributed by atoms with Gasteiger partial charge in [0.25, 0.3) is 0 Å². The summed E-state index contributed by atoms with van der Waals surface area (Å²) in [6.07, 6.45) is 0. The number of nitrogens with two attached hydrogens (primary N) is 1. The highest BCUT2D eigenvalue weighted by Gasteiger charge is 2.08. The standard InChI is InChI=1S/C11H15NO3/c1-7-5-9(11(12)14)6-8(2)10(7)15-4-3-13/h5-6,13H,3-4H2,1-2H3,(H2,12,14). The van der Waals surface area contributed by atoms with E-state index in [2.05, 4.69) is 0 Å². The minimum atomic E-state index is -0.449. The molecule has 4 heteroatoms. The Morgan fingerprint density at radius 1 is 1.40 bits per heavy atom. The molecule has 82 valence electrons. The van der Waals surface area contributed by atoms with Gasteiger partial charge in [-0.1, -0.05) is 0 Å². The molecular weight excluding hydrogens is 194 g/mol. The number of aliphatic hydroxyl groups is 1. The van der Waals surface area contributed by atoms with Gasteiger partial charge in [0.1, 0.15) is 12.4 Å². The second-order valence-electron chi connectivity index (χ2n) is 3.38. The highest BCUT2D eigenvalue weighted by molar-refractivity contribution is 5.93. The van der Waals surface area contributed by atoms with E-state index in [1.165, 1.54) is 0 Å². The number of hydrogen-bond donors (Lipinski definition) is 2. The maximum atomic E-state index is 11.0. The van der Waals surface area contributed by atoms with Gasteiger partial charge in [-0.25, -0.2) is 0 Å². The molecule has 0 saturated carbocycles. The summed E-state index contributed by atoms with van der Waals surface area (Å²) in [6.45, 7) is 3.90. The van der Waals surface area contributed by atoms with Crippen molar-refractivity contribution in [2.75, 3.05) is 13.2 Å². The average Bonchev–Trinajstić information content (AvgIpc) is 2.16. The van der Waals surface area contributed by atoms with Crippen LogP contribution in [0, 0.1) is 13.8 Å². The second-order valence-corrected chi connectivity index (χ2v) is 3.38. The molecule has 4 nitrogen and oxygen atoms in total. The minimum Gasteiger partial charge on any atom is -0.491 e. The largest absolute Gasteiger partial charge is 0.491 e. The topological polar surface area (TPSA) is 72.6 Å². The van der Waals surface area contributed by atoms with E-state index >= 15 is 0 Å². The molecule has 0 saturated heterocycles. The van der Waals surface area contributed by atoms with Crippen molar-refractivity contribution in [3.05, 3.63) is 28.8 Å². The van der Waals surface area contributed by atoms with E-state index in [-0.39, 0.29) is 13.2 Å². The first kappa shape index (κ1) is 11.5. The molecule has 1 aromatic carbocycles. The number of rotatable bonds is 4. The van der Waals surface area contributed by atoms with Crippen molar-refractivity contribution >= 4 is 5.91 Å². The smallest absolute Gasteiger partial charge is 0.248 e. The first-order chi connectivity index (χ1) is 7.06. The maximum Gasteiger partial charge on any atom is 0.248 e. The van der Waals surface area contributed by atoms with Gasteiger partial charge in [0.15, 0.2) is 0 Å². The molecule has 0 radical (unpaired) electrons. The summed E-state index contributed by atoms with van der Waals surface area (Å²) in [5.74, 6) is 0.254. The zero-order chi connectivity index (χ0) is 11.4. The van der Waals surface area contributed by atoms with E-state index in [9.17, 15) is 4.79 Å². The van der Waals surface area contributed by atoms with Gasteiger partial charge in [-0.3, -0.25) is 4.79 Å². The number of aliphatic hydroxyl groups excluding tert-OH is 1. The van der Waals surface area contributed by atoms with Gasteiger partial charge in [-0.05, 0) is 37.1 Å². The third-order valence-corrected chi connectivity index (χ3v) is 2.08. The summed E-state index contributed by atoms with van der Waals surface area (Å²) in [5.41, 5.74) is 7.34. The molecule has 1 aromatic rings. The van der Waals surface area contributed by atoms with Crippen LogP contribution in [-0.4, -0.2) is 24.2 Å². The Balaban J connectivity index is 3.04. The van der Waals surface area contributed by atoms with Crippen LogP contribution in [0.15, 0.2) is 12.1 Å². The Morgan fingerprint density at radius 2 is 1.93 bits per heavy atom. The molecule has 0 spiro atoms. The second kappa shape index (κ2) is 4.79. The number of amides is 1. The van der Waals surface area contributed by atoms with Crippen molar-refractivity contribution in [2.24, 2.45) is 5.73 Å². The van der Waals surface area contributed by atoms with Crippen molar-refractivity contribution in [1.82, 2.24) is 0 Å². The van der Waals surface area contributed by atoms with Crippen LogP contribution in [0.5, 0.6) is 5.75 Å². The fourth-order valence-electron chi connectivity index (χ4n) is 1.47. The molecule has 0 fully saturated rings. The lowest BCUT2D eigenvalue weighted by atomic mass is 10.1. The normalized spacial score (nSPS) is 10.1. The van der Waals surface area contributed by atoms with Crippen LogP contribution in [0.25, 0.3) is 0 Å². The average molecular weight is 209 g/mol. The summed E-state index contributed by atoms with van der Waals surface area (Å²) in [4.78, 5) is 11.0. The van der Waals surface area contributed by atoms with Gasteiger partial charge in [-0.2, -0.15) is 0 Å². The lowest BCUT2D eigenvalue weighted by molar-refractivity contribution is 0.1000. The molecule has 0 bridgehead atoms.